The van der Waals surface area contributed by atoms with Crippen LogP contribution < -0.4 is 10.2 Å². The first-order valence-corrected chi connectivity index (χ1v) is 7.04. The molecule has 0 bridgehead atoms. The summed E-state index contributed by atoms with van der Waals surface area (Å²) in [6.07, 6.45) is 3.81. The van der Waals surface area contributed by atoms with Gasteiger partial charge in [-0.15, -0.1) is 0 Å². The summed E-state index contributed by atoms with van der Waals surface area (Å²) in [6, 6.07) is 5.65. The van der Waals surface area contributed by atoms with Gasteiger partial charge in [0.25, 0.3) is 0 Å². The molecule has 0 amide bonds. The van der Waals surface area contributed by atoms with Gasteiger partial charge in [-0.2, -0.15) is 0 Å². The van der Waals surface area contributed by atoms with Crippen LogP contribution in [-0.4, -0.2) is 24.1 Å². The van der Waals surface area contributed by atoms with E-state index >= 15 is 0 Å². The van der Waals surface area contributed by atoms with Gasteiger partial charge < -0.3 is 10.2 Å². The summed E-state index contributed by atoms with van der Waals surface area (Å²) >= 11 is 0. The molecule has 0 saturated heterocycles. The van der Waals surface area contributed by atoms with Gasteiger partial charge in [-0.05, 0) is 44.7 Å². The predicted molar refractivity (Wildman–Crippen MR) is 77.0 cm³/mol. The molecular weight excluding hydrogens is 222 g/mol. The largest absolute Gasteiger partial charge is 0.357 e. The number of nitrogens with zero attached hydrogens (tertiary/aromatic N) is 2. The van der Waals surface area contributed by atoms with Crippen LogP contribution in [0.15, 0.2) is 12.1 Å². The summed E-state index contributed by atoms with van der Waals surface area (Å²) in [4.78, 5) is 6.98. The normalized spacial score (nSPS) is 16.7. The van der Waals surface area contributed by atoms with E-state index in [0.29, 0.717) is 6.04 Å². The molecule has 1 aromatic rings. The lowest BCUT2D eigenvalue weighted by molar-refractivity contribution is 0.653. The van der Waals surface area contributed by atoms with Gasteiger partial charge in [0.15, 0.2) is 0 Å². The third-order valence-electron chi connectivity index (χ3n) is 3.95. The van der Waals surface area contributed by atoms with E-state index in [9.17, 15) is 0 Å². The molecule has 0 radical (unpaired) electrons. The molecule has 1 aliphatic rings. The van der Waals surface area contributed by atoms with E-state index in [0.717, 1.165) is 30.5 Å². The lowest BCUT2D eigenvalue weighted by Gasteiger charge is -2.25. The molecule has 0 aromatic carbocycles. The molecule has 1 heterocycles. The Morgan fingerprint density at radius 3 is 2.72 bits per heavy atom. The zero-order valence-corrected chi connectivity index (χ0v) is 12.0. The molecule has 3 heteroatoms. The van der Waals surface area contributed by atoms with Crippen LogP contribution in [0.1, 0.15) is 44.4 Å². The van der Waals surface area contributed by atoms with Crippen LogP contribution in [0.5, 0.6) is 0 Å². The molecule has 2 rings (SSSR count). The molecule has 1 saturated carbocycles. The van der Waals surface area contributed by atoms with Crippen molar-refractivity contribution in [1.29, 1.82) is 0 Å². The van der Waals surface area contributed by atoms with E-state index in [-0.39, 0.29) is 0 Å². The third kappa shape index (κ3) is 3.22. The summed E-state index contributed by atoms with van der Waals surface area (Å²) in [5.41, 5.74) is 2.47. The standard InChI is InChI=1S/C15H25N3/c1-5-11(2)18(4)15-9-6-13(12(3)17-15)10-16-14-7-8-14/h6,9,11,14,16H,5,7-8,10H2,1-4H3. The van der Waals surface area contributed by atoms with E-state index in [1.165, 1.54) is 18.4 Å². The smallest absolute Gasteiger partial charge is 0.128 e. The van der Waals surface area contributed by atoms with Gasteiger partial charge in [0.2, 0.25) is 0 Å². The van der Waals surface area contributed by atoms with Crippen molar-refractivity contribution in [3.63, 3.8) is 0 Å². The average molecular weight is 247 g/mol. The highest BCUT2D eigenvalue weighted by Gasteiger charge is 2.20. The van der Waals surface area contributed by atoms with Gasteiger partial charge in [0.05, 0.1) is 0 Å². The quantitative estimate of drug-likeness (QED) is 0.838. The van der Waals surface area contributed by atoms with Crippen molar-refractivity contribution in [2.45, 2.75) is 58.7 Å². The van der Waals surface area contributed by atoms with Crippen molar-refractivity contribution in [3.05, 3.63) is 23.4 Å². The second-order valence-corrected chi connectivity index (χ2v) is 5.44. The monoisotopic (exact) mass is 247 g/mol. The Morgan fingerprint density at radius 2 is 2.17 bits per heavy atom. The number of rotatable bonds is 6. The van der Waals surface area contributed by atoms with Gasteiger partial charge in [0.1, 0.15) is 5.82 Å². The molecular formula is C15H25N3. The van der Waals surface area contributed by atoms with Crippen molar-refractivity contribution in [1.82, 2.24) is 10.3 Å². The fraction of sp³-hybridized carbons (Fsp3) is 0.667. The second-order valence-electron chi connectivity index (χ2n) is 5.44. The topological polar surface area (TPSA) is 28.2 Å². The predicted octanol–water partition coefficient (Wildman–Crippen LogP) is 2.88. The van der Waals surface area contributed by atoms with Gasteiger partial charge >= 0.3 is 0 Å². The number of pyridine rings is 1. The highest BCUT2D eigenvalue weighted by Crippen LogP contribution is 2.21. The third-order valence-corrected chi connectivity index (χ3v) is 3.95. The minimum atomic E-state index is 0.535. The average Bonchev–Trinajstić information content (AvgIpc) is 3.19. The van der Waals surface area contributed by atoms with Crippen LogP contribution in [0.2, 0.25) is 0 Å². The highest BCUT2D eigenvalue weighted by atomic mass is 15.2. The highest BCUT2D eigenvalue weighted by molar-refractivity contribution is 5.41. The SMILES string of the molecule is CCC(C)N(C)c1ccc(CNC2CC2)c(C)n1. The Hall–Kier alpha value is -1.09. The number of hydrogen-bond donors (Lipinski definition) is 1. The molecule has 0 aliphatic heterocycles. The van der Waals surface area contributed by atoms with Crippen molar-refractivity contribution < 1.29 is 0 Å². The molecule has 0 spiro atoms. The zero-order valence-electron chi connectivity index (χ0n) is 12.0. The van der Waals surface area contributed by atoms with E-state index in [1.807, 2.05) is 0 Å². The van der Waals surface area contributed by atoms with Gasteiger partial charge in [0, 0.05) is 31.4 Å². The molecule has 1 aromatic heterocycles. The van der Waals surface area contributed by atoms with Crippen LogP contribution in [-0.2, 0) is 6.54 Å². The number of anilines is 1. The lowest BCUT2D eigenvalue weighted by atomic mass is 10.2. The Kier molecular flexibility index (Phi) is 4.23. The van der Waals surface area contributed by atoms with Crippen LogP contribution >= 0.6 is 0 Å². The summed E-state index contributed by atoms with van der Waals surface area (Å²) in [6.45, 7) is 7.51. The molecule has 1 atom stereocenters. The molecule has 100 valence electrons. The maximum atomic E-state index is 4.73. The summed E-state index contributed by atoms with van der Waals surface area (Å²) < 4.78 is 0. The van der Waals surface area contributed by atoms with E-state index in [4.69, 9.17) is 4.98 Å². The molecule has 3 nitrogen and oxygen atoms in total. The Bertz CT molecular complexity index is 399. The molecule has 18 heavy (non-hydrogen) atoms. The van der Waals surface area contributed by atoms with Crippen molar-refractivity contribution in [2.75, 3.05) is 11.9 Å². The number of nitrogens with one attached hydrogen (secondary N) is 1. The van der Waals surface area contributed by atoms with Crippen LogP contribution in [0, 0.1) is 6.92 Å². The Balaban J connectivity index is 2.03. The summed E-state index contributed by atoms with van der Waals surface area (Å²) in [7, 11) is 2.12. The number of aromatic nitrogens is 1. The van der Waals surface area contributed by atoms with Gasteiger partial charge in [-0.3, -0.25) is 0 Å². The summed E-state index contributed by atoms with van der Waals surface area (Å²) in [5, 5.41) is 3.54. The van der Waals surface area contributed by atoms with Crippen LogP contribution in [0.3, 0.4) is 0 Å². The molecule has 1 unspecified atom stereocenters. The summed E-state index contributed by atoms with van der Waals surface area (Å²) in [5.74, 6) is 1.08. The first-order chi connectivity index (χ1) is 8.61. The van der Waals surface area contributed by atoms with Gasteiger partial charge in [-0.1, -0.05) is 13.0 Å². The minimum Gasteiger partial charge on any atom is -0.357 e. The molecule has 1 aliphatic carbocycles. The molecule has 1 N–H and O–H groups in total. The van der Waals surface area contributed by atoms with Crippen molar-refractivity contribution in [3.8, 4) is 0 Å². The van der Waals surface area contributed by atoms with E-state index in [2.05, 4.69) is 50.2 Å². The Morgan fingerprint density at radius 1 is 1.44 bits per heavy atom. The number of aryl methyl sites for hydroxylation is 1. The van der Waals surface area contributed by atoms with Crippen LogP contribution in [0.4, 0.5) is 5.82 Å². The Labute approximate surface area is 111 Å². The van der Waals surface area contributed by atoms with Crippen molar-refractivity contribution >= 4 is 5.82 Å². The molecule has 1 fully saturated rings. The zero-order chi connectivity index (χ0) is 13.1. The van der Waals surface area contributed by atoms with Crippen molar-refractivity contribution in [2.24, 2.45) is 0 Å². The first kappa shape index (κ1) is 13.3. The fourth-order valence-electron chi connectivity index (χ4n) is 2.00. The minimum absolute atomic E-state index is 0.535. The van der Waals surface area contributed by atoms with E-state index in [1.54, 1.807) is 0 Å². The van der Waals surface area contributed by atoms with Gasteiger partial charge in [-0.25, -0.2) is 4.98 Å². The van der Waals surface area contributed by atoms with E-state index < -0.39 is 0 Å². The maximum Gasteiger partial charge on any atom is 0.128 e. The number of hydrogen-bond acceptors (Lipinski definition) is 3. The van der Waals surface area contributed by atoms with Crippen LogP contribution in [0.25, 0.3) is 0 Å². The fourth-order valence-corrected chi connectivity index (χ4v) is 2.00. The maximum absolute atomic E-state index is 4.73. The first-order valence-electron chi connectivity index (χ1n) is 7.04. The second kappa shape index (κ2) is 5.70. The lowest BCUT2D eigenvalue weighted by Crippen LogP contribution is -2.29.